The van der Waals surface area contributed by atoms with Gasteiger partial charge < -0.3 is 119 Å². The highest BCUT2D eigenvalue weighted by Crippen LogP contribution is 2.10. The van der Waals surface area contributed by atoms with Gasteiger partial charge in [0.05, 0.1) is 38.9 Å². The molecular formula is C62H102N22O15. The van der Waals surface area contributed by atoms with Crippen LogP contribution in [-0.4, -0.2) is 218 Å². The minimum Gasteiger partial charge on any atom is -0.394 e. The van der Waals surface area contributed by atoms with Gasteiger partial charge in [-0.2, -0.15) is 0 Å². The van der Waals surface area contributed by atoms with Crippen molar-refractivity contribution in [3.63, 3.8) is 0 Å². The van der Waals surface area contributed by atoms with E-state index in [0.717, 1.165) is 11.1 Å². The van der Waals surface area contributed by atoms with Gasteiger partial charge in [0, 0.05) is 26.1 Å². The van der Waals surface area contributed by atoms with Crippen molar-refractivity contribution < 1.29 is 72.5 Å². The molecule has 37 heteroatoms. The first-order chi connectivity index (χ1) is 47.0. The summed E-state index contributed by atoms with van der Waals surface area (Å²) in [5.74, 6) is -11.9. The number of aliphatic hydroxyl groups excluding tert-OH is 2. The van der Waals surface area contributed by atoms with Crippen molar-refractivity contribution >= 4 is 88.7 Å². The monoisotopic (exact) mass is 1390 g/mol. The number of aliphatic hydroxyl groups is 2. The van der Waals surface area contributed by atoms with Crippen LogP contribution < -0.4 is 109 Å². The Morgan fingerprint density at radius 2 is 0.859 bits per heavy atom. The van der Waals surface area contributed by atoms with Gasteiger partial charge in [-0.25, -0.2) is 0 Å². The lowest BCUT2D eigenvalue weighted by atomic mass is 10.0. The molecule has 0 unspecified atom stereocenters. The number of carbonyl (C=O) groups excluding carboxylic acids is 13. The fraction of sp³-hybridized carbons (Fsp3) is 0.565. The number of nitrogens with one attached hydrogen (secondary N) is 13. The quantitative estimate of drug-likeness (QED) is 0.0166. The molecule has 13 amide bonds. The number of hydrogen-bond donors (Lipinski definition) is 22. The van der Waals surface area contributed by atoms with Crippen LogP contribution in [0.2, 0.25) is 0 Å². The maximum Gasteiger partial charge on any atom is 0.245 e. The minimum atomic E-state index is -1.73. The van der Waals surface area contributed by atoms with Gasteiger partial charge in [-0.05, 0) is 122 Å². The number of aryl methyl sites for hydroxylation is 1. The lowest BCUT2D eigenvalue weighted by Gasteiger charge is -2.26. The zero-order chi connectivity index (χ0) is 74.0. The van der Waals surface area contributed by atoms with Crippen molar-refractivity contribution in [1.82, 2.24) is 69.1 Å². The highest BCUT2D eigenvalue weighted by atomic mass is 16.3. The summed E-state index contributed by atoms with van der Waals surface area (Å²) < 4.78 is 0. The van der Waals surface area contributed by atoms with Gasteiger partial charge in [-0.1, -0.05) is 54.6 Å². The molecule has 0 aliphatic heterocycles. The second-order valence-electron chi connectivity index (χ2n) is 23.2. The third kappa shape index (κ3) is 35.1. The van der Waals surface area contributed by atoms with Crippen molar-refractivity contribution in [3.8, 4) is 0 Å². The maximum absolute atomic E-state index is 14.1. The van der Waals surface area contributed by atoms with E-state index in [1.54, 1.807) is 30.3 Å². The first-order valence-electron chi connectivity index (χ1n) is 32.4. The Labute approximate surface area is 574 Å². The van der Waals surface area contributed by atoms with E-state index in [1.807, 2.05) is 31.2 Å². The van der Waals surface area contributed by atoms with Crippen LogP contribution in [0.25, 0.3) is 0 Å². The van der Waals surface area contributed by atoms with E-state index >= 15 is 0 Å². The van der Waals surface area contributed by atoms with E-state index in [0.29, 0.717) is 37.9 Å². The standard InChI is InChI=1S/C62H102N22O15/c1-35-16-8-9-19-40(35)29-70-30-47(87)73-31-48(88)74-32-50(90)78-45(28-39-17-6-5-7-18-39)58(97)84-51(38(4)86)60(99)75-33-49(89)76-36(2)53(92)80-44(23-15-27-72-62(68)69)56(95)82-42(21-11-13-25-64)57(96)83-46(34-85)59(98)77-37(3)54(93)81-43(22-14-26-71-61(66)67)55(94)79-41(52(65)91)20-10-12-24-63/h5-9,16-19,36-38,41-46,51,70,85-86H,10-15,20-34,63-64H2,1-4H3,(H2,65,91)(H,73,87)(H,74,88)(H,75,99)(H,76,89)(H,77,98)(H,78,90)(H,79,94)(H,80,92)(H,81,93)(H,82,95)(H,83,96)(H,84,97)(H4,66,67,71)(H4,68,69,72)/t36-,37-,38+,41-,42-,43-,44-,45-,46-,51+/m0/s1. The van der Waals surface area contributed by atoms with Crippen LogP contribution in [0.3, 0.4) is 0 Å². The average molecular weight is 1400 g/mol. The van der Waals surface area contributed by atoms with Crippen LogP contribution in [0.4, 0.5) is 0 Å². The first kappa shape index (κ1) is 85.0. The number of benzene rings is 2. The molecular weight excluding hydrogens is 1290 g/mol. The topological polar surface area (TPSA) is 626 Å². The Morgan fingerprint density at radius 1 is 0.434 bits per heavy atom. The van der Waals surface area contributed by atoms with Gasteiger partial charge in [0.1, 0.15) is 54.4 Å². The molecule has 0 aromatic heterocycles. The zero-order valence-electron chi connectivity index (χ0n) is 56.5. The Morgan fingerprint density at radius 3 is 1.36 bits per heavy atom. The molecule has 0 spiro atoms. The summed E-state index contributed by atoms with van der Waals surface area (Å²) in [6.45, 7) is 3.59. The van der Waals surface area contributed by atoms with Gasteiger partial charge in [0.15, 0.2) is 11.9 Å². The summed E-state index contributed by atoms with van der Waals surface area (Å²) in [6, 6.07) is 3.10. The van der Waals surface area contributed by atoms with Crippen LogP contribution in [0, 0.1) is 6.92 Å². The fourth-order valence-electron chi connectivity index (χ4n) is 9.27. The fourth-order valence-corrected chi connectivity index (χ4v) is 9.27. The lowest BCUT2D eigenvalue weighted by Crippen LogP contribution is -2.60. The number of guanidine groups is 2. The van der Waals surface area contributed by atoms with Crippen molar-refractivity contribution in [2.24, 2.45) is 50.1 Å². The molecule has 10 atom stereocenters. The van der Waals surface area contributed by atoms with Crippen LogP contribution in [0.5, 0.6) is 0 Å². The van der Waals surface area contributed by atoms with E-state index in [1.165, 1.54) is 20.8 Å². The van der Waals surface area contributed by atoms with Crippen molar-refractivity contribution in [2.45, 2.75) is 165 Å². The average Bonchev–Trinajstić information content (AvgIpc) is 0.881. The molecule has 550 valence electrons. The molecule has 0 aliphatic rings. The molecule has 0 saturated heterocycles. The molecule has 0 radical (unpaired) electrons. The van der Waals surface area contributed by atoms with E-state index in [9.17, 15) is 72.5 Å². The number of unbranched alkanes of at least 4 members (excludes halogenated alkanes) is 2. The zero-order valence-corrected chi connectivity index (χ0v) is 56.5. The first-order valence-corrected chi connectivity index (χ1v) is 32.4. The summed E-state index contributed by atoms with van der Waals surface area (Å²) in [6.07, 6.45) is 0.0625. The van der Waals surface area contributed by atoms with Crippen LogP contribution in [0.1, 0.15) is 102 Å². The number of primary amides is 1. The van der Waals surface area contributed by atoms with Gasteiger partial charge in [-0.3, -0.25) is 72.3 Å². The number of rotatable bonds is 48. The van der Waals surface area contributed by atoms with E-state index in [2.05, 4.69) is 79.1 Å². The molecule has 37 nitrogen and oxygen atoms in total. The van der Waals surface area contributed by atoms with Crippen molar-refractivity contribution in [3.05, 3.63) is 71.3 Å². The smallest absolute Gasteiger partial charge is 0.245 e. The predicted octanol–water partition coefficient (Wildman–Crippen LogP) is -8.70. The number of hydrogen-bond acceptors (Lipinski definition) is 20. The van der Waals surface area contributed by atoms with E-state index in [4.69, 9.17) is 40.1 Å². The van der Waals surface area contributed by atoms with Gasteiger partial charge in [0.25, 0.3) is 0 Å². The summed E-state index contributed by atoms with van der Waals surface area (Å²) in [4.78, 5) is 181. The Balaban J connectivity index is 2.16. The van der Waals surface area contributed by atoms with E-state index < -0.39 is 164 Å². The van der Waals surface area contributed by atoms with Crippen LogP contribution in [0.15, 0.2) is 64.6 Å². The Hall–Kier alpha value is -10.1. The lowest BCUT2D eigenvalue weighted by molar-refractivity contribution is -0.136. The largest absolute Gasteiger partial charge is 0.394 e. The summed E-state index contributed by atoms with van der Waals surface area (Å²) in [5.41, 5.74) is 41.2. The number of nitrogens with two attached hydrogens (primary N) is 7. The molecule has 99 heavy (non-hydrogen) atoms. The summed E-state index contributed by atoms with van der Waals surface area (Å²) >= 11 is 0. The predicted molar refractivity (Wildman–Crippen MR) is 364 cm³/mol. The van der Waals surface area contributed by atoms with Crippen LogP contribution in [-0.2, 0) is 75.3 Å². The number of amides is 13. The van der Waals surface area contributed by atoms with E-state index in [-0.39, 0.29) is 89.5 Å². The third-order valence-electron chi connectivity index (χ3n) is 14.9. The van der Waals surface area contributed by atoms with Gasteiger partial charge in [0.2, 0.25) is 76.8 Å². The Bertz CT molecular complexity index is 3040. The Kier molecular flexibility index (Phi) is 40.3. The third-order valence-corrected chi connectivity index (χ3v) is 14.9. The minimum absolute atomic E-state index is 0.0229. The van der Waals surface area contributed by atoms with Gasteiger partial charge in [-0.15, -0.1) is 0 Å². The second kappa shape index (κ2) is 46.9. The molecule has 0 aliphatic carbocycles. The number of aliphatic imine (C=N–C) groups is 2. The van der Waals surface area contributed by atoms with Crippen molar-refractivity contribution in [2.75, 3.05) is 59.0 Å². The molecule has 0 bridgehead atoms. The van der Waals surface area contributed by atoms with Crippen LogP contribution >= 0.6 is 0 Å². The second-order valence-corrected chi connectivity index (χ2v) is 23.2. The molecule has 2 rings (SSSR count). The molecule has 0 fully saturated rings. The molecule has 0 heterocycles. The summed E-state index contributed by atoms with van der Waals surface area (Å²) in [5, 5.41) is 53.2. The molecule has 2 aromatic rings. The maximum atomic E-state index is 14.1. The SMILES string of the molecule is Cc1ccccc1CNCC(=O)NCC(=O)NCC(=O)N[C@@H](Cc1ccccc1)C(=O)N[C@@H](C(=O)NCC(=O)N[C@@H](C)C(=O)N[C@@H](CCCN=C(N)N)C(=O)N[C@@H](CCCCN)C(=O)N[C@@H](CO)C(=O)N[C@@H](C)C(=O)N[C@@H](CCCN=C(N)N)C(=O)N[C@@H](CCCCN)C(N)=O)[C@@H](C)O. The highest BCUT2D eigenvalue weighted by Gasteiger charge is 2.34. The normalized spacial score (nSPS) is 13.9. The highest BCUT2D eigenvalue weighted by molar-refractivity contribution is 5.99. The number of carbonyl (C=O) groups is 13. The number of nitrogens with zero attached hydrogens (tertiary/aromatic N) is 2. The van der Waals surface area contributed by atoms with Gasteiger partial charge >= 0.3 is 0 Å². The summed E-state index contributed by atoms with van der Waals surface area (Å²) in [7, 11) is 0. The molecule has 0 saturated carbocycles. The molecule has 29 N–H and O–H groups in total. The van der Waals surface area contributed by atoms with Crippen molar-refractivity contribution in [1.29, 1.82) is 0 Å². The molecule has 2 aromatic carbocycles.